The summed E-state index contributed by atoms with van der Waals surface area (Å²) in [6, 6.07) is 6.81. The number of hydrogen-bond acceptors (Lipinski definition) is 7. The minimum Gasteiger partial charge on any atom is -0.444 e. The summed E-state index contributed by atoms with van der Waals surface area (Å²) in [5.74, 6) is -2.31. The van der Waals surface area contributed by atoms with Crippen LogP contribution in [0.15, 0.2) is 34.9 Å². The minimum atomic E-state index is -1.07. The van der Waals surface area contributed by atoms with Gasteiger partial charge in [0.15, 0.2) is 5.76 Å². The Bertz CT molecular complexity index is 1150. The Hall–Kier alpha value is -4.00. The number of nitrogens with zero attached hydrogens (tertiary/aromatic N) is 4. The predicted octanol–water partition coefficient (Wildman–Crippen LogP) is 4.32. The number of rotatable bonds is 5. The van der Waals surface area contributed by atoms with Gasteiger partial charge in [0.2, 0.25) is 5.89 Å². The summed E-state index contributed by atoms with van der Waals surface area (Å²) in [7, 11) is 1.11. The third kappa shape index (κ3) is 3.91. The molecule has 0 saturated carbocycles. The highest BCUT2D eigenvalue weighted by Gasteiger charge is 2.25. The van der Waals surface area contributed by atoms with Gasteiger partial charge in [-0.1, -0.05) is 6.07 Å². The molecule has 0 spiro atoms. The zero-order chi connectivity index (χ0) is 21.8. The lowest BCUT2D eigenvalue weighted by molar-refractivity contribution is 0.112. The molecular weight excluding hydrogens is 398 g/mol. The zero-order valence-electron chi connectivity index (χ0n) is 16.3. The number of oxazole rings is 1. The lowest BCUT2D eigenvalue weighted by atomic mass is 10.1. The highest BCUT2D eigenvalue weighted by Crippen LogP contribution is 2.31. The number of hydrogen-bond donors (Lipinski definition) is 0. The highest BCUT2D eigenvalue weighted by molar-refractivity contribution is 5.95. The first-order chi connectivity index (χ1) is 14.4. The normalized spacial score (nSPS) is 11.6. The van der Waals surface area contributed by atoms with E-state index < -0.39 is 23.4 Å². The molecule has 0 aliphatic carbocycles. The molecule has 0 radical (unpaired) electrons. The van der Waals surface area contributed by atoms with E-state index in [0.717, 1.165) is 25.5 Å². The quantitative estimate of drug-likeness (QED) is 0.348. The Morgan fingerprint density at radius 2 is 2.03 bits per heavy atom. The lowest BCUT2D eigenvalue weighted by Gasteiger charge is -2.10. The molecule has 8 nitrogen and oxygen atoms in total. The SMILES string of the molecule is CCn1nc(C)cc1C(OC(=O)OC)=C(C#N)c1coc(-c2c(F)cccc2F)n1. The first-order valence-corrected chi connectivity index (χ1v) is 8.74. The smallest absolute Gasteiger partial charge is 0.444 e. The second-order valence-electron chi connectivity index (χ2n) is 5.99. The molecule has 2 aromatic heterocycles. The fraction of sp³-hybridized carbons (Fsp3) is 0.200. The van der Waals surface area contributed by atoms with E-state index in [4.69, 9.17) is 9.15 Å². The molecule has 0 bridgehead atoms. The van der Waals surface area contributed by atoms with E-state index in [1.807, 2.05) is 13.0 Å². The molecule has 0 unspecified atom stereocenters. The lowest BCUT2D eigenvalue weighted by Crippen LogP contribution is -2.10. The average Bonchev–Trinajstić information content (AvgIpc) is 3.34. The number of carbonyl (C=O) groups excluding carboxylic acids is 1. The maximum absolute atomic E-state index is 14.1. The molecule has 3 aromatic rings. The number of halogens is 2. The number of aryl methyl sites for hydroxylation is 2. The van der Waals surface area contributed by atoms with E-state index in [2.05, 4.69) is 14.8 Å². The van der Waals surface area contributed by atoms with Gasteiger partial charge in [-0.05, 0) is 32.0 Å². The number of carbonyl (C=O) groups is 1. The Kier molecular flexibility index (Phi) is 5.92. The maximum atomic E-state index is 14.1. The topological polar surface area (TPSA) is 103 Å². The van der Waals surface area contributed by atoms with E-state index in [-0.39, 0.29) is 22.9 Å². The summed E-state index contributed by atoms with van der Waals surface area (Å²) in [5.41, 5.74) is 0.158. The number of nitriles is 1. The van der Waals surface area contributed by atoms with Crippen LogP contribution in [0.4, 0.5) is 13.6 Å². The van der Waals surface area contributed by atoms with Gasteiger partial charge in [-0.25, -0.2) is 18.6 Å². The van der Waals surface area contributed by atoms with Crippen molar-refractivity contribution in [3.63, 3.8) is 0 Å². The molecule has 2 heterocycles. The molecule has 10 heteroatoms. The Labute approximate surface area is 170 Å². The van der Waals surface area contributed by atoms with Gasteiger partial charge in [0.25, 0.3) is 0 Å². The minimum absolute atomic E-state index is 0.0874. The van der Waals surface area contributed by atoms with Gasteiger partial charge < -0.3 is 13.9 Å². The summed E-state index contributed by atoms with van der Waals surface area (Å²) < 4.78 is 44.6. The Balaban J connectivity index is 2.19. The number of benzene rings is 1. The van der Waals surface area contributed by atoms with Gasteiger partial charge in [-0.2, -0.15) is 10.4 Å². The van der Waals surface area contributed by atoms with Gasteiger partial charge >= 0.3 is 6.16 Å². The first kappa shape index (κ1) is 20.7. The van der Waals surface area contributed by atoms with E-state index >= 15 is 0 Å². The Morgan fingerprint density at radius 3 is 2.63 bits per heavy atom. The van der Waals surface area contributed by atoms with Gasteiger partial charge in [0.05, 0.1) is 12.8 Å². The average molecular weight is 414 g/mol. The van der Waals surface area contributed by atoms with Crippen LogP contribution in [0.2, 0.25) is 0 Å². The zero-order valence-corrected chi connectivity index (χ0v) is 16.3. The van der Waals surface area contributed by atoms with E-state index in [9.17, 15) is 18.8 Å². The monoisotopic (exact) mass is 414 g/mol. The van der Waals surface area contributed by atoms with Crippen molar-refractivity contribution in [2.24, 2.45) is 0 Å². The van der Waals surface area contributed by atoms with Crippen molar-refractivity contribution < 1.29 is 27.5 Å². The number of aromatic nitrogens is 3. The Morgan fingerprint density at radius 1 is 1.33 bits per heavy atom. The molecule has 0 fully saturated rings. The van der Waals surface area contributed by atoms with E-state index in [1.165, 1.54) is 10.7 Å². The van der Waals surface area contributed by atoms with Crippen molar-refractivity contribution in [1.82, 2.24) is 14.8 Å². The summed E-state index contributed by atoms with van der Waals surface area (Å²) >= 11 is 0. The van der Waals surface area contributed by atoms with Crippen LogP contribution in [-0.4, -0.2) is 28.0 Å². The van der Waals surface area contributed by atoms with Crippen molar-refractivity contribution in [3.05, 3.63) is 59.2 Å². The van der Waals surface area contributed by atoms with Crippen LogP contribution in [-0.2, 0) is 16.0 Å². The second-order valence-corrected chi connectivity index (χ2v) is 5.99. The van der Waals surface area contributed by atoms with Crippen LogP contribution in [0.5, 0.6) is 0 Å². The molecule has 0 amide bonds. The molecule has 0 saturated heterocycles. The second kappa shape index (κ2) is 8.57. The third-order valence-corrected chi connectivity index (χ3v) is 4.06. The van der Waals surface area contributed by atoms with Crippen LogP contribution >= 0.6 is 0 Å². The van der Waals surface area contributed by atoms with Crippen molar-refractivity contribution in [2.75, 3.05) is 7.11 Å². The van der Waals surface area contributed by atoms with Crippen molar-refractivity contribution in [3.8, 4) is 17.5 Å². The maximum Gasteiger partial charge on any atom is 0.513 e. The van der Waals surface area contributed by atoms with E-state index in [1.54, 1.807) is 13.0 Å². The van der Waals surface area contributed by atoms with Crippen LogP contribution in [0.3, 0.4) is 0 Å². The molecule has 1 aromatic carbocycles. The van der Waals surface area contributed by atoms with Gasteiger partial charge in [0.1, 0.15) is 46.5 Å². The van der Waals surface area contributed by atoms with Gasteiger partial charge in [-0.15, -0.1) is 0 Å². The molecule has 154 valence electrons. The predicted molar refractivity (Wildman–Crippen MR) is 100 cm³/mol. The van der Waals surface area contributed by atoms with Crippen LogP contribution in [0.25, 0.3) is 22.8 Å². The summed E-state index contributed by atoms with van der Waals surface area (Å²) in [4.78, 5) is 15.8. The van der Waals surface area contributed by atoms with Crippen molar-refractivity contribution in [2.45, 2.75) is 20.4 Å². The summed E-state index contributed by atoms with van der Waals surface area (Å²) in [6.45, 7) is 3.96. The van der Waals surface area contributed by atoms with Crippen LogP contribution < -0.4 is 0 Å². The van der Waals surface area contributed by atoms with Crippen molar-refractivity contribution >= 4 is 17.5 Å². The van der Waals surface area contributed by atoms with Gasteiger partial charge in [0, 0.05) is 6.54 Å². The van der Waals surface area contributed by atoms with E-state index in [0.29, 0.717) is 17.9 Å². The highest BCUT2D eigenvalue weighted by atomic mass is 19.1. The molecule has 0 aliphatic heterocycles. The largest absolute Gasteiger partial charge is 0.513 e. The standard InChI is InChI=1S/C20H16F2N4O4/c1-4-26-16(8-11(2)25-26)18(30-20(27)28-3)12(9-23)15-10-29-19(24-15)17-13(21)6-5-7-14(17)22/h5-8,10H,4H2,1-3H3. The van der Waals surface area contributed by atoms with Crippen LogP contribution in [0.1, 0.15) is 24.0 Å². The number of allylic oxidation sites excluding steroid dienone is 1. The third-order valence-electron chi connectivity index (χ3n) is 4.06. The number of ether oxygens (including phenoxy) is 2. The molecule has 3 rings (SSSR count). The summed E-state index contributed by atoms with van der Waals surface area (Å²) in [5, 5.41) is 14.0. The fourth-order valence-corrected chi connectivity index (χ4v) is 2.76. The molecule has 0 aliphatic rings. The molecular formula is C20H16F2N4O4. The molecule has 0 N–H and O–H groups in total. The molecule has 30 heavy (non-hydrogen) atoms. The van der Waals surface area contributed by atoms with Crippen molar-refractivity contribution in [1.29, 1.82) is 5.26 Å². The van der Waals surface area contributed by atoms with Gasteiger partial charge in [-0.3, -0.25) is 4.68 Å². The van der Waals surface area contributed by atoms with Crippen LogP contribution in [0, 0.1) is 29.9 Å². The molecule has 0 atom stereocenters. The number of methoxy groups -OCH3 is 1. The summed E-state index contributed by atoms with van der Waals surface area (Å²) in [6.07, 6.45) is -0.0250. The fourth-order valence-electron chi connectivity index (χ4n) is 2.76. The first-order valence-electron chi connectivity index (χ1n) is 8.74.